The number of rotatable bonds is 8. The number of anilines is 1. The molecule has 1 aromatic heterocycles. The minimum atomic E-state index is -0.00177. The highest BCUT2D eigenvalue weighted by atomic mass is 16.5. The summed E-state index contributed by atoms with van der Waals surface area (Å²) >= 11 is 0. The van der Waals surface area contributed by atoms with Crippen LogP contribution in [0.4, 0.5) is 5.82 Å². The molecule has 19 heavy (non-hydrogen) atoms. The molecule has 3 N–H and O–H groups in total. The first-order valence-electron chi connectivity index (χ1n) is 6.71. The highest BCUT2D eigenvalue weighted by Crippen LogP contribution is 2.18. The Kier molecular flexibility index (Phi) is 6.29. The molecule has 0 amide bonds. The minimum absolute atomic E-state index is 0.00177. The van der Waals surface area contributed by atoms with Crippen molar-refractivity contribution in [3.63, 3.8) is 0 Å². The van der Waals surface area contributed by atoms with Gasteiger partial charge in [0.2, 0.25) is 0 Å². The SMILES string of the molecule is CCC(CC)N(CCOC)c1cccc(C(=N)N)n1. The minimum Gasteiger partial charge on any atom is -0.383 e. The lowest BCUT2D eigenvalue weighted by Gasteiger charge is -2.31. The lowest BCUT2D eigenvalue weighted by molar-refractivity contribution is 0.202. The van der Waals surface area contributed by atoms with E-state index in [4.69, 9.17) is 15.9 Å². The monoisotopic (exact) mass is 264 g/mol. The molecule has 0 saturated heterocycles. The predicted molar refractivity (Wildman–Crippen MR) is 78.8 cm³/mol. The topological polar surface area (TPSA) is 75.2 Å². The van der Waals surface area contributed by atoms with Crippen molar-refractivity contribution in [3.8, 4) is 0 Å². The van der Waals surface area contributed by atoms with E-state index in [1.165, 1.54) is 0 Å². The number of nitrogens with one attached hydrogen (secondary N) is 1. The molecule has 0 aliphatic carbocycles. The van der Waals surface area contributed by atoms with Crippen molar-refractivity contribution in [2.24, 2.45) is 5.73 Å². The molecule has 0 radical (unpaired) electrons. The molecule has 0 aliphatic heterocycles. The maximum Gasteiger partial charge on any atom is 0.141 e. The van der Waals surface area contributed by atoms with Crippen molar-refractivity contribution in [3.05, 3.63) is 23.9 Å². The van der Waals surface area contributed by atoms with Crippen molar-refractivity contribution in [1.29, 1.82) is 5.41 Å². The summed E-state index contributed by atoms with van der Waals surface area (Å²) < 4.78 is 5.17. The average Bonchev–Trinajstić information content (AvgIpc) is 2.43. The quantitative estimate of drug-likeness (QED) is 0.556. The predicted octanol–water partition coefficient (Wildman–Crippen LogP) is 2.01. The van der Waals surface area contributed by atoms with Gasteiger partial charge in [-0.2, -0.15) is 0 Å². The van der Waals surface area contributed by atoms with Gasteiger partial charge in [-0.25, -0.2) is 4.98 Å². The van der Waals surface area contributed by atoms with Crippen LogP contribution in [0.5, 0.6) is 0 Å². The van der Waals surface area contributed by atoms with Crippen LogP contribution < -0.4 is 10.6 Å². The van der Waals surface area contributed by atoms with E-state index in [9.17, 15) is 0 Å². The first-order valence-corrected chi connectivity index (χ1v) is 6.71. The molecule has 5 heteroatoms. The molecule has 5 nitrogen and oxygen atoms in total. The fraction of sp³-hybridized carbons (Fsp3) is 0.571. The van der Waals surface area contributed by atoms with E-state index in [1.54, 1.807) is 13.2 Å². The molecule has 0 unspecified atom stereocenters. The summed E-state index contributed by atoms with van der Waals surface area (Å²) in [4.78, 5) is 6.70. The molecule has 0 spiro atoms. The van der Waals surface area contributed by atoms with E-state index >= 15 is 0 Å². The van der Waals surface area contributed by atoms with E-state index in [-0.39, 0.29) is 5.84 Å². The zero-order valence-electron chi connectivity index (χ0n) is 12.0. The fourth-order valence-electron chi connectivity index (χ4n) is 2.14. The van der Waals surface area contributed by atoms with Gasteiger partial charge in [-0.1, -0.05) is 19.9 Å². The summed E-state index contributed by atoms with van der Waals surface area (Å²) in [6.07, 6.45) is 2.10. The van der Waals surface area contributed by atoms with Crippen LogP contribution in [0.2, 0.25) is 0 Å². The van der Waals surface area contributed by atoms with Gasteiger partial charge in [0.25, 0.3) is 0 Å². The van der Waals surface area contributed by atoms with E-state index < -0.39 is 0 Å². The largest absolute Gasteiger partial charge is 0.383 e. The van der Waals surface area contributed by atoms with Crippen molar-refractivity contribution < 1.29 is 4.74 Å². The Morgan fingerprint density at radius 1 is 1.42 bits per heavy atom. The van der Waals surface area contributed by atoms with Gasteiger partial charge in [0.1, 0.15) is 17.3 Å². The zero-order chi connectivity index (χ0) is 14.3. The number of nitrogen functional groups attached to an aromatic ring is 1. The molecule has 106 valence electrons. The molecular weight excluding hydrogens is 240 g/mol. The highest BCUT2D eigenvalue weighted by molar-refractivity contribution is 5.93. The molecule has 0 saturated carbocycles. The Labute approximate surface area is 115 Å². The number of pyridine rings is 1. The summed E-state index contributed by atoms with van der Waals surface area (Å²) in [6, 6.07) is 6.03. The lowest BCUT2D eigenvalue weighted by Crippen LogP contribution is -2.38. The van der Waals surface area contributed by atoms with Crippen molar-refractivity contribution in [2.75, 3.05) is 25.2 Å². The third-order valence-electron chi connectivity index (χ3n) is 3.22. The molecule has 0 aliphatic rings. The van der Waals surface area contributed by atoms with E-state index in [1.807, 2.05) is 12.1 Å². The van der Waals surface area contributed by atoms with E-state index in [2.05, 4.69) is 23.7 Å². The Morgan fingerprint density at radius 3 is 2.63 bits per heavy atom. The normalized spacial score (nSPS) is 10.7. The van der Waals surface area contributed by atoms with Gasteiger partial charge in [0, 0.05) is 19.7 Å². The second-order valence-electron chi connectivity index (χ2n) is 4.45. The fourth-order valence-corrected chi connectivity index (χ4v) is 2.14. The zero-order valence-corrected chi connectivity index (χ0v) is 12.0. The number of aromatic nitrogens is 1. The maximum absolute atomic E-state index is 7.48. The number of nitrogens with zero attached hydrogens (tertiary/aromatic N) is 2. The van der Waals surface area contributed by atoms with Crippen LogP contribution in [0.25, 0.3) is 0 Å². The molecule has 1 heterocycles. The summed E-state index contributed by atoms with van der Waals surface area (Å²) in [5.74, 6) is 0.858. The summed E-state index contributed by atoms with van der Waals surface area (Å²) in [6.45, 7) is 5.78. The van der Waals surface area contributed by atoms with Crippen LogP contribution in [-0.2, 0) is 4.74 Å². The first-order chi connectivity index (χ1) is 9.13. The van der Waals surface area contributed by atoms with E-state index in [0.717, 1.165) is 25.2 Å². The smallest absolute Gasteiger partial charge is 0.141 e. The Morgan fingerprint density at radius 2 is 2.11 bits per heavy atom. The molecule has 0 aromatic carbocycles. The Bertz CT molecular complexity index is 404. The van der Waals surface area contributed by atoms with Crippen molar-refractivity contribution in [2.45, 2.75) is 32.7 Å². The van der Waals surface area contributed by atoms with Crippen LogP contribution >= 0.6 is 0 Å². The highest BCUT2D eigenvalue weighted by Gasteiger charge is 2.17. The van der Waals surface area contributed by atoms with Gasteiger partial charge >= 0.3 is 0 Å². The Balaban J connectivity index is 3.01. The standard InChI is InChI=1S/C14H24N4O/c1-4-11(5-2)18(9-10-19-3)13-8-6-7-12(17-13)14(15)16/h6-8,11H,4-5,9-10H2,1-3H3,(H3,15,16). The average molecular weight is 264 g/mol. The molecule has 0 bridgehead atoms. The van der Waals surface area contributed by atoms with Crippen LogP contribution in [0.3, 0.4) is 0 Å². The van der Waals surface area contributed by atoms with Crippen LogP contribution in [0, 0.1) is 5.41 Å². The molecular formula is C14H24N4O. The van der Waals surface area contributed by atoms with E-state index in [0.29, 0.717) is 18.3 Å². The third kappa shape index (κ3) is 4.21. The van der Waals surface area contributed by atoms with Crippen molar-refractivity contribution in [1.82, 2.24) is 4.98 Å². The number of amidine groups is 1. The molecule has 0 fully saturated rings. The van der Waals surface area contributed by atoms with Gasteiger partial charge in [-0.05, 0) is 25.0 Å². The van der Waals surface area contributed by atoms with Gasteiger partial charge in [-0.3, -0.25) is 5.41 Å². The second kappa shape index (κ2) is 7.74. The second-order valence-corrected chi connectivity index (χ2v) is 4.45. The molecule has 0 atom stereocenters. The number of hydrogen-bond acceptors (Lipinski definition) is 4. The summed E-state index contributed by atoms with van der Waals surface area (Å²) in [5, 5.41) is 7.48. The summed E-state index contributed by atoms with van der Waals surface area (Å²) in [5.41, 5.74) is 6.02. The van der Waals surface area contributed by atoms with Gasteiger partial charge < -0.3 is 15.4 Å². The van der Waals surface area contributed by atoms with Gasteiger partial charge in [0.05, 0.1) is 6.61 Å². The maximum atomic E-state index is 7.48. The van der Waals surface area contributed by atoms with Crippen LogP contribution in [0.1, 0.15) is 32.4 Å². The third-order valence-corrected chi connectivity index (χ3v) is 3.22. The molecule has 1 rings (SSSR count). The van der Waals surface area contributed by atoms with Gasteiger partial charge in [-0.15, -0.1) is 0 Å². The molecule has 1 aromatic rings. The lowest BCUT2D eigenvalue weighted by atomic mass is 10.1. The summed E-state index contributed by atoms with van der Waals surface area (Å²) in [7, 11) is 1.70. The number of methoxy groups -OCH3 is 1. The van der Waals surface area contributed by atoms with Crippen LogP contribution in [0.15, 0.2) is 18.2 Å². The number of ether oxygens (including phenoxy) is 1. The van der Waals surface area contributed by atoms with Crippen LogP contribution in [-0.4, -0.2) is 37.1 Å². The Hall–Kier alpha value is -1.62. The first kappa shape index (κ1) is 15.4. The number of hydrogen-bond donors (Lipinski definition) is 2. The number of nitrogens with two attached hydrogens (primary N) is 1. The van der Waals surface area contributed by atoms with Gasteiger partial charge in [0.15, 0.2) is 0 Å². The van der Waals surface area contributed by atoms with Crippen molar-refractivity contribution >= 4 is 11.7 Å².